The third-order valence-corrected chi connectivity index (χ3v) is 4.41. The Balaban J connectivity index is 1.40. The molecule has 5 rings (SSSR count). The Hall–Kier alpha value is -3.66. The molecule has 2 aromatic heterocycles. The summed E-state index contributed by atoms with van der Waals surface area (Å²) in [5.74, 6) is 1.74. The molecule has 0 atom stereocenters. The first-order valence-electron chi connectivity index (χ1n) is 8.53. The first kappa shape index (κ1) is 14.7. The number of rotatable bonds is 3. The van der Waals surface area contributed by atoms with Crippen LogP contribution in [0.1, 0.15) is 11.4 Å². The standard InChI is InChI=1S/C22H16N4/c1-2-6-18-17(5-1)23-21(24-18)14-11-15-9-12-16(13-10-15)22-25-19-7-3-4-8-20(19)26-22/h1-14H,(H,23,24)(H,25,26)/b14-11+. The zero-order valence-corrected chi connectivity index (χ0v) is 14.0. The molecule has 2 heterocycles. The molecule has 0 amide bonds. The fourth-order valence-electron chi connectivity index (χ4n) is 3.07. The Morgan fingerprint density at radius 1 is 0.615 bits per heavy atom. The highest BCUT2D eigenvalue weighted by Gasteiger charge is 2.04. The lowest BCUT2D eigenvalue weighted by atomic mass is 10.1. The van der Waals surface area contributed by atoms with Crippen LogP contribution in [0.3, 0.4) is 0 Å². The molecule has 5 aromatic rings. The largest absolute Gasteiger partial charge is 0.338 e. The molecule has 0 saturated heterocycles. The van der Waals surface area contributed by atoms with Gasteiger partial charge in [-0.1, -0.05) is 54.6 Å². The Labute approximate surface area is 150 Å². The van der Waals surface area contributed by atoms with Gasteiger partial charge in [0, 0.05) is 5.56 Å². The summed E-state index contributed by atoms with van der Waals surface area (Å²) in [5.41, 5.74) is 6.25. The van der Waals surface area contributed by atoms with E-state index in [4.69, 9.17) is 0 Å². The number of hydrogen-bond acceptors (Lipinski definition) is 2. The molecule has 4 heteroatoms. The van der Waals surface area contributed by atoms with Crippen LogP contribution in [0.5, 0.6) is 0 Å². The van der Waals surface area contributed by atoms with E-state index in [0.29, 0.717) is 0 Å². The highest BCUT2D eigenvalue weighted by Crippen LogP contribution is 2.21. The maximum absolute atomic E-state index is 4.64. The fraction of sp³-hybridized carbons (Fsp3) is 0. The van der Waals surface area contributed by atoms with E-state index in [1.54, 1.807) is 0 Å². The van der Waals surface area contributed by atoms with Gasteiger partial charge in [-0.25, -0.2) is 9.97 Å². The Morgan fingerprint density at radius 2 is 1.27 bits per heavy atom. The molecule has 0 saturated carbocycles. The predicted molar refractivity (Wildman–Crippen MR) is 107 cm³/mol. The predicted octanol–water partition coefficient (Wildman–Crippen LogP) is 5.28. The van der Waals surface area contributed by atoms with E-state index in [9.17, 15) is 0 Å². The smallest absolute Gasteiger partial charge is 0.138 e. The van der Waals surface area contributed by atoms with Gasteiger partial charge in [0.1, 0.15) is 11.6 Å². The van der Waals surface area contributed by atoms with Crippen molar-refractivity contribution in [2.75, 3.05) is 0 Å². The maximum Gasteiger partial charge on any atom is 0.138 e. The third kappa shape index (κ3) is 2.67. The summed E-state index contributed by atoms with van der Waals surface area (Å²) in [6.07, 6.45) is 4.05. The van der Waals surface area contributed by atoms with Crippen LogP contribution < -0.4 is 0 Å². The SMILES string of the molecule is C(=C\c1nc2ccccc2[nH]1)/c1ccc(-c2nc3ccccc3[nH]2)cc1. The average molecular weight is 336 g/mol. The van der Waals surface area contributed by atoms with E-state index in [-0.39, 0.29) is 0 Å². The zero-order chi connectivity index (χ0) is 17.3. The number of para-hydroxylation sites is 4. The van der Waals surface area contributed by atoms with Crippen molar-refractivity contribution in [2.24, 2.45) is 0 Å². The first-order chi connectivity index (χ1) is 12.8. The number of H-pyrrole nitrogens is 2. The number of benzene rings is 3. The molecular formula is C22H16N4. The van der Waals surface area contributed by atoms with Gasteiger partial charge < -0.3 is 9.97 Å². The molecule has 2 N–H and O–H groups in total. The van der Waals surface area contributed by atoms with Gasteiger partial charge >= 0.3 is 0 Å². The van der Waals surface area contributed by atoms with Gasteiger partial charge in [-0.2, -0.15) is 0 Å². The molecule has 0 spiro atoms. The molecule has 0 aliphatic rings. The minimum absolute atomic E-state index is 0.854. The topological polar surface area (TPSA) is 57.4 Å². The molecule has 0 aliphatic heterocycles. The summed E-state index contributed by atoms with van der Waals surface area (Å²) < 4.78 is 0. The van der Waals surface area contributed by atoms with Gasteiger partial charge in [-0.3, -0.25) is 0 Å². The van der Waals surface area contributed by atoms with Crippen molar-refractivity contribution in [1.29, 1.82) is 0 Å². The van der Waals surface area contributed by atoms with Gasteiger partial charge in [0.25, 0.3) is 0 Å². The highest BCUT2D eigenvalue weighted by atomic mass is 14.9. The number of hydrogen-bond donors (Lipinski definition) is 2. The third-order valence-electron chi connectivity index (χ3n) is 4.41. The van der Waals surface area contributed by atoms with E-state index in [2.05, 4.69) is 50.3 Å². The van der Waals surface area contributed by atoms with Crippen LogP contribution in [-0.4, -0.2) is 19.9 Å². The highest BCUT2D eigenvalue weighted by molar-refractivity contribution is 5.80. The van der Waals surface area contributed by atoms with E-state index in [1.165, 1.54) is 0 Å². The monoisotopic (exact) mass is 336 g/mol. The summed E-state index contributed by atoms with van der Waals surface area (Å²) in [5, 5.41) is 0. The van der Waals surface area contributed by atoms with Gasteiger partial charge in [0.05, 0.1) is 22.1 Å². The van der Waals surface area contributed by atoms with E-state index >= 15 is 0 Å². The second kappa shape index (κ2) is 6.01. The molecule has 0 radical (unpaired) electrons. The van der Waals surface area contributed by atoms with Crippen LogP contribution in [0.4, 0.5) is 0 Å². The van der Waals surface area contributed by atoms with Crippen LogP contribution in [0.25, 0.3) is 45.6 Å². The number of aromatic nitrogens is 4. The number of nitrogens with one attached hydrogen (secondary N) is 2. The summed E-state index contributed by atoms with van der Waals surface area (Å²) in [4.78, 5) is 15.9. The number of aromatic amines is 2. The van der Waals surface area contributed by atoms with Gasteiger partial charge in [0.15, 0.2) is 0 Å². The average Bonchev–Trinajstić information content (AvgIpc) is 3.30. The van der Waals surface area contributed by atoms with Crippen LogP contribution in [-0.2, 0) is 0 Å². The first-order valence-corrected chi connectivity index (χ1v) is 8.53. The van der Waals surface area contributed by atoms with Gasteiger partial charge in [0.2, 0.25) is 0 Å². The number of imidazole rings is 2. The van der Waals surface area contributed by atoms with Crippen LogP contribution in [0.2, 0.25) is 0 Å². The lowest BCUT2D eigenvalue weighted by Crippen LogP contribution is -1.81. The Kier molecular flexibility index (Phi) is 3.39. The summed E-state index contributed by atoms with van der Waals surface area (Å²) in [7, 11) is 0. The van der Waals surface area contributed by atoms with Crippen molar-refractivity contribution < 1.29 is 0 Å². The van der Waals surface area contributed by atoms with Crippen LogP contribution >= 0.6 is 0 Å². The Morgan fingerprint density at radius 3 is 1.96 bits per heavy atom. The zero-order valence-electron chi connectivity index (χ0n) is 14.0. The summed E-state index contributed by atoms with van der Waals surface area (Å²) >= 11 is 0. The van der Waals surface area contributed by atoms with Crippen LogP contribution in [0.15, 0.2) is 72.8 Å². The fourth-order valence-corrected chi connectivity index (χ4v) is 3.07. The van der Waals surface area contributed by atoms with Crippen molar-refractivity contribution in [1.82, 2.24) is 19.9 Å². The van der Waals surface area contributed by atoms with Gasteiger partial charge in [-0.05, 0) is 35.9 Å². The maximum atomic E-state index is 4.64. The second-order valence-corrected chi connectivity index (χ2v) is 6.20. The number of fused-ring (bicyclic) bond motifs is 2. The van der Waals surface area contributed by atoms with Crippen molar-refractivity contribution in [3.8, 4) is 11.4 Å². The van der Waals surface area contributed by atoms with Crippen molar-refractivity contribution in [2.45, 2.75) is 0 Å². The molecule has 0 aliphatic carbocycles. The van der Waals surface area contributed by atoms with E-state index in [1.807, 2.05) is 54.6 Å². The minimum Gasteiger partial charge on any atom is -0.338 e. The molecular weight excluding hydrogens is 320 g/mol. The molecule has 0 unspecified atom stereocenters. The second-order valence-electron chi connectivity index (χ2n) is 6.20. The molecule has 124 valence electrons. The number of nitrogens with zero attached hydrogens (tertiary/aromatic N) is 2. The molecule has 0 bridgehead atoms. The van der Waals surface area contributed by atoms with Crippen molar-refractivity contribution in [3.63, 3.8) is 0 Å². The lowest BCUT2D eigenvalue weighted by Gasteiger charge is -1.98. The molecule has 4 nitrogen and oxygen atoms in total. The molecule has 0 fully saturated rings. The molecule has 26 heavy (non-hydrogen) atoms. The lowest BCUT2D eigenvalue weighted by molar-refractivity contribution is 1.29. The summed E-state index contributed by atoms with van der Waals surface area (Å²) in [6, 6.07) is 24.4. The molecule has 3 aromatic carbocycles. The van der Waals surface area contributed by atoms with E-state index in [0.717, 1.165) is 44.8 Å². The quantitative estimate of drug-likeness (QED) is 0.471. The summed E-state index contributed by atoms with van der Waals surface area (Å²) in [6.45, 7) is 0. The van der Waals surface area contributed by atoms with Crippen molar-refractivity contribution >= 4 is 34.2 Å². The Bertz CT molecular complexity index is 1160. The van der Waals surface area contributed by atoms with Crippen molar-refractivity contribution in [3.05, 3.63) is 84.2 Å². The van der Waals surface area contributed by atoms with Crippen LogP contribution in [0, 0.1) is 0 Å². The van der Waals surface area contributed by atoms with Gasteiger partial charge in [-0.15, -0.1) is 0 Å². The normalized spacial score (nSPS) is 11.7. The minimum atomic E-state index is 0.854. The van der Waals surface area contributed by atoms with E-state index < -0.39 is 0 Å².